The highest BCUT2D eigenvalue weighted by molar-refractivity contribution is 7.89. The summed E-state index contributed by atoms with van der Waals surface area (Å²) in [5, 5.41) is 0. The van der Waals surface area contributed by atoms with E-state index in [0.29, 0.717) is 38.4 Å². The molecule has 1 amide bonds. The molecule has 1 aliphatic rings. The van der Waals surface area contributed by atoms with Crippen LogP contribution < -0.4 is 4.74 Å². The highest BCUT2D eigenvalue weighted by Gasteiger charge is 2.29. The van der Waals surface area contributed by atoms with Crippen LogP contribution >= 0.6 is 0 Å². The minimum absolute atomic E-state index is 0.00288. The maximum atomic E-state index is 13.4. The van der Waals surface area contributed by atoms with E-state index in [-0.39, 0.29) is 23.1 Å². The van der Waals surface area contributed by atoms with Gasteiger partial charge in [-0.15, -0.1) is 0 Å². The molecule has 0 N–H and O–H groups in total. The molecule has 0 saturated carbocycles. The highest BCUT2D eigenvalue weighted by atomic mass is 32.2. The molecule has 0 spiro atoms. The molecule has 0 unspecified atom stereocenters. The normalized spacial score (nSPS) is 14.8. The van der Waals surface area contributed by atoms with Crippen LogP contribution in [0.1, 0.15) is 22.8 Å². The summed E-state index contributed by atoms with van der Waals surface area (Å²) >= 11 is 0. The van der Waals surface area contributed by atoms with E-state index in [4.69, 9.17) is 9.47 Å². The van der Waals surface area contributed by atoms with Crippen LogP contribution in [0.2, 0.25) is 0 Å². The van der Waals surface area contributed by atoms with Crippen molar-refractivity contribution in [1.29, 1.82) is 0 Å². The number of nitrogens with zero attached hydrogens (tertiary/aromatic N) is 2. The van der Waals surface area contributed by atoms with Crippen molar-refractivity contribution in [3.8, 4) is 5.75 Å². The van der Waals surface area contributed by atoms with Crippen molar-refractivity contribution in [2.45, 2.75) is 18.4 Å². The number of hydrogen-bond acceptors (Lipinski definition) is 5. The first-order valence-corrected chi connectivity index (χ1v) is 11.0. The number of hydrogen-bond donors (Lipinski definition) is 0. The van der Waals surface area contributed by atoms with E-state index in [1.807, 2.05) is 30.3 Å². The molecule has 1 aliphatic heterocycles. The van der Waals surface area contributed by atoms with E-state index in [2.05, 4.69) is 0 Å². The lowest BCUT2D eigenvalue weighted by molar-refractivity contribution is 0.0302. The second-order valence-corrected chi connectivity index (χ2v) is 8.59. The Balaban J connectivity index is 1.94. The third-order valence-corrected chi connectivity index (χ3v) is 6.82. The number of methoxy groups -OCH3 is 1. The zero-order valence-electron chi connectivity index (χ0n) is 16.7. The second-order valence-electron chi connectivity index (χ2n) is 6.69. The van der Waals surface area contributed by atoms with Gasteiger partial charge in [-0.3, -0.25) is 4.79 Å². The number of amides is 1. The molecule has 156 valence electrons. The summed E-state index contributed by atoms with van der Waals surface area (Å²) in [4.78, 5) is 14.5. The molecule has 29 heavy (non-hydrogen) atoms. The summed E-state index contributed by atoms with van der Waals surface area (Å²) < 4.78 is 38.8. The molecule has 8 heteroatoms. The van der Waals surface area contributed by atoms with Gasteiger partial charge in [0.2, 0.25) is 10.0 Å². The number of benzene rings is 2. The quantitative estimate of drug-likeness (QED) is 0.690. The predicted molar refractivity (Wildman–Crippen MR) is 109 cm³/mol. The first kappa shape index (κ1) is 21.3. The number of carbonyl (C=O) groups excluding carboxylic acids is 1. The Morgan fingerprint density at radius 1 is 1.14 bits per heavy atom. The summed E-state index contributed by atoms with van der Waals surface area (Å²) in [6.07, 6.45) is 0. The topological polar surface area (TPSA) is 76.2 Å². The lowest BCUT2D eigenvalue weighted by Gasteiger charge is -2.27. The molecule has 0 aromatic heterocycles. The second kappa shape index (κ2) is 9.39. The number of sulfonamides is 1. The van der Waals surface area contributed by atoms with Crippen LogP contribution in [-0.4, -0.2) is 63.5 Å². The van der Waals surface area contributed by atoms with Crippen molar-refractivity contribution in [3.63, 3.8) is 0 Å². The molecular formula is C21H26N2O5S. The van der Waals surface area contributed by atoms with Crippen molar-refractivity contribution in [3.05, 3.63) is 59.7 Å². The first-order valence-electron chi connectivity index (χ1n) is 9.56. The molecule has 1 fully saturated rings. The lowest BCUT2D eigenvalue weighted by atomic mass is 10.2. The molecule has 1 saturated heterocycles. The van der Waals surface area contributed by atoms with E-state index in [0.717, 1.165) is 5.56 Å². The SMILES string of the molecule is CCN(Cc1ccccc1)S(=O)(=O)c1cc(C(=O)N2CCOCC2)ccc1OC. The fourth-order valence-electron chi connectivity index (χ4n) is 3.25. The van der Waals surface area contributed by atoms with Gasteiger partial charge in [0, 0.05) is 31.7 Å². The summed E-state index contributed by atoms with van der Waals surface area (Å²) in [7, 11) is -2.44. The van der Waals surface area contributed by atoms with Gasteiger partial charge in [0.1, 0.15) is 10.6 Å². The van der Waals surface area contributed by atoms with Crippen LogP contribution in [0, 0.1) is 0 Å². The standard InChI is InChI=1S/C21H26N2O5S/c1-3-23(16-17-7-5-4-6-8-17)29(25,26)20-15-18(9-10-19(20)27-2)21(24)22-11-13-28-14-12-22/h4-10,15H,3,11-14,16H2,1-2H3. The van der Waals surface area contributed by atoms with Crippen molar-refractivity contribution in [1.82, 2.24) is 9.21 Å². The number of morpholine rings is 1. The van der Waals surface area contributed by atoms with Gasteiger partial charge in [-0.25, -0.2) is 8.42 Å². The van der Waals surface area contributed by atoms with Crippen LogP contribution in [0.25, 0.3) is 0 Å². The van der Waals surface area contributed by atoms with E-state index in [1.165, 1.54) is 23.5 Å². The molecule has 2 aromatic rings. The average Bonchev–Trinajstić information content (AvgIpc) is 2.77. The first-order chi connectivity index (χ1) is 14.0. The molecule has 0 aliphatic carbocycles. The Labute approximate surface area is 171 Å². The smallest absolute Gasteiger partial charge is 0.254 e. The fraction of sp³-hybridized carbons (Fsp3) is 0.381. The van der Waals surface area contributed by atoms with Crippen LogP contribution in [0.4, 0.5) is 0 Å². The van der Waals surface area contributed by atoms with E-state index >= 15 is 0 Å². The summed E-state index contributed by atoms with van der Waals surface area (Å²) in [6.45, 7) is 4.26. The number of ether oxygens (including phenoxy) is 2. The van der Waals surface area contributed by atoms with Crippen LogP contribution in [0.5, 0.6) is 5.75 Å². The van der Waals surface area contributed by atoms with Crippen molar-refractivity contribution >= 4 is 15.9 Å². The maximum Gasteiger partial charge on any atom is 0.254 e. The molecule has 2 aromatic carbocycles. The van der Waals surface area contributed by atoms with Gasteiger partial charge in [-0.05, 0) is 23.8 Å². The monoisotopic (exact) mass is 418 g/mol. The van der Waals surface area contributed by atoms with E-state index in [1.54, 1.807) is 17.9 Å². The minimum Gasteiger partial charge on any atom is -0.495 e. The zero-order chi connectivity index (χ0) is 20.9. The Kier molecular flexibility index (Phi) is 6.89. The summed E-state index contributed by atoms with van der Waals surface area (Å²) in [5.41, 5.74) is 1.21. The van der Waals surface area contributed by atoms with Gasteiger partial charge in [0.25, 0.3) is 5.91 Å². The van der Waals surface area contributed by atoms with Gasteiger partial charge in [-0.1, -0.05) is 37.3 Å². The Morgan fingerprint density at radius 2 is 1.83 bits per heavy atom. The Bertz CT molecular complexity index is 941. The van der Waals surface area contributed by atoms with Gasteiger partial charge in [-0.2, -0.15) is 4.31 Å². The molecule has 3 rings (SSSR count). The molecular weight excluding hydrogens is 392 g/mol. The van der Waals surface area contributed by atoms with E-state index < -0.39 is 10.0 Å². The van der Waals surface area contributed by atoms with Crippen molar-refractivity contribution in [2.75, 3.05) is 40.0 Å². The largest absolute Gasteiger partial charge is 0.495 e. The van der Waals surface area contributed by atoms with Gasteiger partial charge >= 0.3 is 0 Å². The van der Waals surface area contributed by atoms with Gasteiger partial charge < -0.3 is 14.4 Å². The zero-order valence-corrected chi connectivity index (χ0v) is 17.5. The third kappa shape index (κ3) is 4.77. The molecule has 1 heterocycles. The maximum absolute atomic E-state index is 13.4. The van der Waals surface area contributed by atoms with Crippen LogP contribution in [0.3, 0.4) is 0 Å². The van der Waals surface area contributed by atoms with Gasteiger partial charge in [0.05, 0.1) is 20.3 Å². The fourth-order valence-corrected chi connectivity index (χ4v) is 4.87. The third-order valence-electron chi connectivity index (χ3n) is 4.88. The molecule has 0 bridgehead atoms. The Morgan fingerprint density at radius 3 is 2.45 bits per heavy atom. The predicted octanol–water partition coefficient (Wildman–Crippen LogP) is 2.38. The minimum atomic E-state index is -3.87. The summed E-state index contributed by atoms with van der Waals surface area (Å²) in [5.74, 6) is 0.00792. The van der Waals surface area contributed by atoms with Crippen molar-refractivity contribution < 1.29 is 22.7 Å². The number of carbonyl (C=O) groups is 1. The van der Waals surface area contributed by atoms with Crippen molar-refractivity contribution in [2.24, 2.45) is 0 Å². The molecule has 0 radical (unpaired) electrons. The highest BCUT2D eigenvalue weighted by Crippen LogP contribution is 2.29. The Hall–Kier alpha value is -2.42. The van der Waals surface area contributed by atoms with E-state index in [9.17, 15) is 13.2 Å². The summed E-state index contributed by atoms with van der Waals surface area (Å²) in [6, 6.07) is 14.0. The van der Waals surface area contributed by atoms with Crippen LogP contribution in [0.15, 0.2) is 53.4 Å². The molecule has 0 atom stereocenters. The van der Waals surface area contributed by atoms with Gasteiger partial charge in [0.15, 0.2) is 0 Å². The average molecular weight is 419 g/mol. The van der Waals surface area contributed by atoms with Crippen LogP contribution in [-0.2, 0) is 21.3 Å². The molecule has 7 nitrogen and oxygen atoms in total. The lowest BCUT2D eigenvalue weighted by Crippen LogP contribution is -2.40. The number of rotatable bonds is 7.